The Kier molecular flexibility index (Phi) is 4.27. The van der Waals surface area contributed by atoms with Crippen molar-refractivity contribution in [1.29, 1.82) is 0 Å². The van der Waals surface area contributed by atoms with E-state index in [0.29, 0.717) is 13.2 Å². The molecule has 2 aliphatic heterocycles. The minimum atomic E-state index is -4.73. The summed E-state index contributed by atoms with van der Waals surface area (Å²) in [4.78, 5) is 13.4. The number of likely N-dealkylation sites (tertiary alicyclic amines) is 1. The lowest BCUT2D eigenvalue weighted by Gasteiger charge is -2.42. The third-order valence-electron chi connectivity index (χ3n) is 3.89. The van der Waals surface area contributed by atoms with E-state index in [0.717, 1.165) is 4.90 Å². The number of nitrogens with one attached hydrogen (secondary N) is 1. The van der Waals surface area contributed by atoms with Gasteiger partial charge in [0.2, 0.25) is 5.91 Å². The van der Waals surface area contributed by atoms with E-state index in [1.54, 1.807) is 6.92 Å². The van der Waals surface area contributed by atoms with Gasteiger partial charge in [0.25, 0.3) is 0 Å². The second-order valence-electron chi connectivity index (χ2n) is 5.40. The number of alkyl halides is 3. The third-order valence-corrected chi connectivity index (χ3v) is 3.89. The Bertz CT molecular complexity index is 377. The highest BCUT2D eigenvalue weighted by atomic mass is 19.4. The standard InChI is InChI=1S/C12H19F3N2O3/c1-8-9(16-4-6-20-8)10(18)17-5-2-3-11(19,7-17)12(13,14)15/h8-9,16,19H,2-7H2,1H3/t8-,9+,11?/m1/s1. The number of aliphatic hydroxyl groups is 1. The van der Waals surface area contributed by atoms with E-state index < -0.39 is 36.4 Å². The van der Waals surface area contributed by atoms with E-state index in [2.05, 4.69) is 5.32 Å². The van der Waals surface area contributed by atoms with Gasteiger partial charge in [-0.25, -0.2) is 0 Å². The number of piperidine rings is 1. The Hall–Kier alpha value is -0.860. The Morgan fingerprint density at radius 1 is 1.50 bits per heavy atom. The van der Waals surface area contributed by atoms with Crippen LogP contribution in [0.15, 0.2) is 0 Å². The number of β-amino-alcohol motifs (C(OH)–C–C–N with tert-alkyl or cyclic N) is 1. The van der Waals surface area contributed by atoms with Crippen molar-refractivity contribution in [2.45, 2.75) is 43.7 Å². The SMILES string of the molecule is C[C@H]1OCCN[C@@H]1C(=O)N1CCCC(O)(C(F)(F)F)C1. The average Bonchev–Trinajstić information content (AvgIpc) is 2.37. The molecule has 0 aliphatic carbocycles. The van der Waals surface area contributed by atoms with Crippen LogP contribution >= 0.6 is 0 Å². The van der Waals surface area contributed by atoms with Crippen LogP contribution in [0, 0.1) is 0 Å². The molecule has 2 rings (SSSR count). The predicted octanol–water partition coefficient (Wildman–Crippen LogP) is 0.279. The molecule has 0 aromatic carbocycles. The van der Waals surface area contributed by atoms with Crippen LogP contribution in [0.25, 0.3) is 0 Å². The average molecular weight is 296 g/mol. The number of carbonyl (C=O) groups excluding carboxylic acids is 1. The van der Waals surface area contributed by atoms with E-state index in [9.17, 15) is 23.1 Å². The molecule has 0 aromatic heterocycles. The molecule has 2 aliphatic rings. The van der Waals surface area contributed by atoms with Gasteiger partial charge in [-0.15, -0.1) is 0 Å². The predicted molar refractivity (Wildman–Crippen MR) is 64.0 cm³/mol. The summed E-state index contributed by atoms with van der Waals surface area (Å²) >= 11 is 0. The minimum Gasteiger partial charge on any atom is -0.379 e. The molecule has 8 heteroatoms. The number of hydrogen-bond donors (Lipinski definition) is 2. The molecule has 2 saturated heterocycles. The number of ether oxygens (including phenoxy) is 1. The van der Waals surface area contributed by atoms with E-state index in [4.69, 9.17) is 4.74 Å². The second-order valence-corrected chi connectivity index (χ2v) is 5.40. The van der Waals surface area contributed by atoms with Gasteiger partial charge in [0.1, 0.15) is 6.04 Å². The van der Waals surface area contributed by atoms with Gasteiger partial charge in [-0.2, -0.15) is 13.2 Å². The van der Waals surface area contributed by atoms with Crippen molar-refractivity contribution >= 4 is 5.91 Å². The molecule has 3 atom stereocenters. The first-order valence-corrected chi connectivity index (χ1v) is 6.67. The largest absolute Gasteiger partial charge is 0.418 e. The Labute approximate surface area is 115 Å². The fourth-order valence-corrected chi connectivity index (χ4v) is 2.66. The molecule has 2 N–H and O–H groups in total. The molecule has 5 nitrogen and oxygen atoms in total. The van der Waals surface area contributed by atoms with Crippen LogP contribution in [-0.4, -0.2) is 66.1 Å². The maximum atomic E-state index is 12.9. The molecule has 0 bridgehead atoms. The number of carbonyl (C=O) groups is 1. The number of morpholine rings is 1. The molecule has 116 valence electrons. The fraction of sp³-hybridized carbons (Fsp3) is 0.917. The molecule has 1 amide bonds. The van der Waals surface area contributed by atoms with Gasteiger partial charge in [0, 0.05) is 13.1 Å². The normalized spacial score (nSPS) is 36.0. The first-order chi connectivity index (χ1) is 9.24. The summed E-state index contributed by atoms with van der Waals surface area (Å²) in [5.74, 6) is -0.445. The fourth-order valence-electron chi connectivity index (χ4n) is 2.66. The minimum absolute atomic E-state index is 0.129. The lowest BCUT2D eigenvalue weighted by atomic mass is 9.91. The van der Waals surface area contributed by atoms with E-state index >= 15 is 0 Å². The van der Waals surface area contributed by atoms with Crippen molar-refractivity contribution in [2.24, 2.45) is 0 Å². The molecule has 0 radical (unpaired) electrons. The quantitative estimate of drug-likeness (QED) is 0.729. The molecule has 0 spiro atoms. The number of rotatable bonds is 1. The summed E-state index contributed by atoms with van der Waals surface area (Å²) in [7, 11) is 0. The third kappa shape index (κ3) is 2.91. The van der Waals surface area contributed by atoms with Crippen LogP contribution in [0.5, 0.6) is 0 Å². The Morgan fingerprint density at radius 3 is 2.80 bits per heavy atom. The maximum Gasteiger partial charge on any atom is 0.418 e. The van der Waals surface area contributed by atoms with E-state index in [1.807, 2.05) is 0 Å². The van der Waals surface area contributed by atoms with Crippen LogP contribution in [0.2, 0.25) is 0 Å². The summed E-state index contributed by atoms with van der Waals surface area (Å²) in [5, 5.41) is 12.7. The Balaban J connectivity index is 2.07. The summed E-state index contributed by atoms with van der Waals surface area (Å²) in [6, 6.07) is -0.653. The zero-order valence-electron chi connectivity index (χ0n) is 11.2. The molecule has 20 heavy (non-hydrogen) atoms. The molecule has 0 saturated carbocycles. The van der Waals surface area contributed by atoms with Gasteiger partial charge in [-0.3, -0.25) is 4.79 Å². The zero-order chi connectivity index (χ0) is 15.0. The van der Waals surface area contributed by atoms with Gasteiger partial charge < -0.3 is 20.1 Å². The molecule has 2 fully saturated rings. The summed E-state index contributed by atoms with van der Waals surface area (Å²) in [6.45, 7) is 2.17. The highest BCUT2D eigenvalue weighted by Gasteiger charge is 2.56. The first-order valence-electron chi connectivity index (χ1n) is 6.67. The van der Waals surface area contributed by atoms with Gasteiger partial charge in [-0.05, 0) is 19.8 Å². The molecule has 0 aromatic rings. The van der Waals surface area contributed by atoms with Crippen LogP contribution in [0.4, 0.5) is 13.2 Å². The van der Waals surface area contributed by atoms with Crippen molar-refractivity contribution in [2.75, 3.05) is 26.2 Å². The van der Waals surface area contributed by atoms with Crippen molar-refractivity contribution in [3.8, 4) is 0 Å². The number of nitrogens with zero attached hydrogens (tertiary/aromatic N) is 1. The van der Waals surface area contributed by atoms with E-state index in [-0.39, 0.29) is 19.4 Å². The number of halogens is 3. The van der Waals surface area contributed by atoms with Crippen molar-refractivity contribution < 1.29 is 27.8 Å². The maximum absolute atomic E-state index is 12.9. The summed E-state index contributed by atoms with van der Waals surface area (Å²) < 4.78 is 43.9. The number of amides is 1. The lowest BCUT2D eigenvalue weighted by molar-refractivity contribution is -0.273. The highest BCUT2D eigenvalue weighted by molar-refractivity contribution is 5.82. The van der Waals surface area contributed by atoms with Crippen molar-refractivity contribution in [1.82, 2.24) is 10.2 Å². The smallest absolute Gasteiger partial charge is 0.379 e. The molecule has 1 unspecified atom stereocenters. The molecule has 2 heterocycles. The van der Waals surface area contributed by atoms with Crippen LogP contribution in [0.3, 0.4) is 0 Å². The van der Waals surface area contributed by atoms with Gasteiger partial charge in [0.05, 0.1) is 19.3 Å². The number of hydrogen-bond acceptors (Lipinski definition) is 4. The Morgan fingerprint density at radius 2 is 2.20 bits per heavy atom. The summed E-state index contributed by atoms with van der Waals surface area (Å²) in [6.07, 6.45) is -5.36. The van der Waals surface area contributed by atoms with Crippen LogP contribution < -0.4 is 5.32 Å². The second kappa shape index (κ2) is 5.50. The van der Waals surface area contributed by atoms with Gasteiger partial charge in [0.15, 0.2) is 5.60 Å². The van der Waals surface area contributed by atoms with Crippen molar-refractivity contribution in [3.05, 3.63) is 0 Å². The van der Waals surface area contributed by atoms with Gasteiger partial charge >= 0.3 is 6.18 Å². The molecular formula is C12H19F3N2O3. The van der Waals surface area contributed by atoms with Crippen LogP contribution in [-0.2, 0) is 9.53 Å². The lowest BCUT2D eigenvalue weighted by Crippen LogP contribution is -2.63. The first kappa shape index (κ1) is 15.5. The highest BCUT2D eigenvalue weighted by Crippen LogP contribution is 2.37. The monoisotopic (exact) mass is 296 g/mol. The van der Waals surface area contributed by atoms with E-state index in [1.165, 1.54) is 0 Å². The zero-order valence-corrected chi connectivity index (χ0v) is 11.2. The van der Waals surface area contributed by atoms with Gasteiger partial charge in [-0.1, -0.05) is 0 Å². The summed E-state index contributed by atoms with van der Waals surface area (Å²) in [5.41, 5.74) is -2.81. The van der Waals surface area contributed by atoms with Crippen LogP contribution in [0.1, 0.15) is 19.8 Å². The topological polar surface area (TPSA) is 61.8 Å². The molecular weight excluding hydrogens is 277 g/mol. The van der Waals surface area contributed by atoms with Crippen molar-refractivity contribution in [3.63, 3.8) is 0 Å².